The fraction of sp³-hybridized carbons (Fsp3) is 0. The molecule has 2 heterocycles. The molecular weight excluding hydrogens is 614 g/mol. The van der Waals surface area contributed by atoms with Crippen LogP contribution < -0.4 is 0 Å². The molecule has 0 atom stereocenters. The fourth-order valence-electron chi connectivity index (χ4n) is 6.71. The molecule has 0 saturated heterocycles. The van der Waals surface area contributed by atoms with E-state index in [2.05, 4.69) is 166 Å². The highest BCUT2D eigenvalue weighted by molar-refractivity contribution is 9.10. The van der Waals surface area contributed by atoms with Crippen molar-refractivity contribution in [2.45, 2.75) is 0 Å². The summed E-state index contributed by atoms with van der Waals surface area (Å²) in [5, 5.41) is 4.75. The van der Waals surface area contributed by atoms with Crippen molar-refractivity contribution in [1.82, 2.24) is 4.57 Å². The summed E-state index contributed by atoms with van der Waals surface area (Å²) < 4.78 is 9.52. The van der Waals surface area contributed by atoms with Crippen LogP contribution >= 0.6 is 15.9 Å². The predicted octanol–water partition coefficient (Wildman–Crippen LogP) is 12.4. The van der Waals surface area contributed by atoms with Gasteiger partial charge in [-0.15, -0.1) is 0 Å². The first-order valence-corrected chi connectivity index (χ1v) is 15.9. The normalized spacial score (nSPS) is 11.7. The number of hydrogen-bond donors (Lipinski definition) is 0. The van der Waals surface area contributed by atoms with Crippen molar-refractivity contribution in [2.75, 3.05) is 0 Å². The fourth-order valence-corrected chi connectivity index (χ4v) is 7.21. The number of aromatic nitrogens is 1. The van der Waals surface area contributed by atoms with Gasteiger partial charge in [-0.3, -0.25) is 0 Å². The molecule has 0 radical (unpaired) electrons. The molecule has 0 amide bonds. The smallest absolute Gasteiger partial charge is 0.135 e. The molecule has 3 heteroatoms. The van der Waals surface area contributed by atoms with Gasteiger partial charge in [-0.25, -0.2) is 0 Å². The number of nitrogens with zero attached hydrogens (tertiary/aromatic N) is 1. The number of benzene rings is 7. The van der Waals surface area contributed by atoms with Crippen LogP contribution in [-0.2, 0) is 0 Å². The van der Waals surface area contributed by atoms with Crippen molar-refractivity contribution in [1.29, 1.82) is 0 Å². The van der Waals surface area contributed by atoms with Crippen LogP contribution in [0.5, 0.6) is 0 Å². The van der Waals surface area contributed by atoms with Crippen molar-refractivity contribution in [3.05, 3.63) is 162 Å². The molecule has 45 heavy (non-hydrogen) atoms. The van der Waals surface area contributed by atoms with Gasteiger partial charge in [0.2, 0.25) is 0 Å². The third kappa shape index (κ3) is 4.39. The van der Waals surface area contributed by atoms with Gasteiger partial charge in [0.25, 0.3) is 0 Å². The molecule has 0 unspecified atom stereocenters. The number of halogens is 1. The molecule has 7 aromatic carbocycles. The monoisotopic (exact) mass is 639 g/mol. The number of furan rings is 1. The molecule has 0 bridgehead atoms. The van der Waals surface area contributed by atoms with E-state index < -0.39 is 0 Å². The van der Waals surface area contributed by atoms with Gasteiger partial charge >= 0.3 is 0 Å². The molecule has 0 saturated carbocycles. The minimum absolute atomic E-state index is 0.909. The Bertz CT molecular complexity index is 2560. The van der Waals surface area contributed by atoms with Gasteiger partial charge in [-0.1, -0.05) is 107 Å². The lowest BCUT2D eigenvalue weighted by molar-refractivity contribution is 0.669. The zero-order chi connectivity index (χ0) is 29.9. The van der Waals surface area contributed by atoms with Crippen LogP contribution in [0.3, 0.4) is 0 Å². The van der Waals surface area contributed by atoms with Gasteiger partial charge in [-0.2, -0.15) is 0 Å². The maximum Gasteiger partial charge on any atom is 0.135 e. The summed E-state index contributed by atoms with van der Waals surface area (Å²) >= 11 is 3.82. The summed E-state index contributed by atoms with van der Waals surface area (Å²) in [6.45, 7) is 0. The number of para-hydroxylation sites is 2. The second-order valence-electron chi connectivity index (χ2n) is 11.5. The van der Waals surface area contributed by atoms with E-state index in [1.165, 1.54) is 44.1 Å². The largest absolute Gasteiger partial charge is 0.456 e. The van der Waals surface area contributed by atoms with Crippen LogP contribution in [0.15, 0.2) is 167 Å². The van der Waals surface area contributed by atoms with Crippen molar-refractivity contribution < 1.29 is 4.42 Å². The lowest BCUT2D eigenvalue weighted by Crippen LogP contribution is -1.94. The van der Waals surface area contributed by atoms with E-state index in [0.29, 0.717) is 0 Å². The molecular formula is C42H26BrNO. The summed E-state index contributed by atoms with van der Waals surface area (Å²) in [6, 6.07) is 56.4. The lowest BCUT2D eigenvalue weighted by atomic mass is 9.97. The summed E-state index contributed by atoms with van der Waals surface area (Å²) in [5.74, 6) is 0. The lowest BCUT2D eigenvalue weighted by Gasteiger charge is -2.11. The number of rotatable bonds is 4. The molecule has 0 aliphatic heterocycles. The second kappa shape index (κ2) is 10.4. The Morgan fingerprint density at radius 2 is 1.00 bits per heavy atom. The van der Waals surface area contributed by atoms with Crippen LogP contribution in [0.4, 0.5) is 0 Å². The Balaban J connectivity index is 1.18. The second-order valence-corrected chi connectivity index (χ2v) is 12.5. The maximum atomic E-state index is 6.09. The molecule has 0 aliphatic carbocycles. The minimum Gasteiger partial charge on any atom is -0.456 e. The molecule has 212 valence electrons. The highest BCUT2D eigenvalue weighted by atomic mass is 79.9. The van der Waals surface area contributed by atoms with E-state index in [1.807, 2.05) is 12.1 Å². The third-order valence-electron chi connectivity index (χ3n) is 8.83. The average Bonchev–Trinajstić information content (AvgIpc) is 3.63. The quantitative estimate of drug-likeness (QED) is 0.187. The average molecular weight is 641 g/mol. The van der Waals surface area contributed by atoms with Crippen LogP contribution in [0, 0.1) is 0 Å². The Morgan fingerprint density at radius 1 is 0.378 bits per heavy atom. The Labute approximate surface area is 268 Å². The molecule has 2 aromatic heterocycles. The van der Waals surface area contributed by atoms with Gasteiger partial charge in [-0.05, 0) is 100 Å². The number of fused-ring (bicyclic) bond motifs is 6. The SMILES string of the molecule is Brc1cc(-c2ccc3oc4ccccc4c3c2)cc(-c2ccc3c(c2)c2ccccc2n3-c2cccc(-c3ccccc3)c2)c1. The van der Waals surface area contributed by atoms with Crippen molar-refractivity contribution in [2.24, 2.45) is 0 Å². The molecule has 0 fully saturated rings. The van der Waals surface area contributed by atoms with E-state index in [4.69, 9.17) is 4.42 Å². The first-order valence-electron chi connectivity index (χ1n) is 15.1. The van der Waals surface area contributed by atoms with Crippen LogP contribution in [0.1, 0.15) is 0 Å². The summed E-state index contributed by atoms with van der Waals surface area (Å²) in [6.07, 6.45) is 0. The van der Waals surface area contributed by atoms with E-state index in [-0.39, 0.29) is 0 Å². The van der Waals surface area contributed by atoms with Crippen molar-refractivity contribution in [3.8, 4) is 39.1 Å². The Hall–Kier alpha value is -5.38. The van der Waals surface area contributed by atoms with E-state index in [1.54, 1.807) is 0 Å². The third-order valence-corrected chi connectivity index (χ3v) is 9.28. The van der Waals surface area contributed by atoms with Crippen LogP contribution in [0.2, 0.25) is 0 Å². The molecule has 0 aliphatic rings. The van der Waals surface area contributed by atoms with Crippen molar-refractivity contribution >= 4 is 59.7 Å². The standard InChI is InChI=1S/C42H26BrNO/c43-33-22-31(21-32(23-33)30-18-20-42-38(26-30)36-14-5-7-16-41(36)45-42)29-17-19-40-37(25-29)35-13-4-6-15-39(35)44(40)34-12-8-11-28(24-34)27-9-2-1-3-10-27/h1-26H. The first kappa shape index (κ1) is 26.1. The molecule has 0 N–H and O–H groups in total. The predicted molar refractivity (Wildman–Crippen MR) is 192 cm³/mol. The Morgan fingerprint density at radius 3 is 1.84 bits per heavy atom. The zero-order valence-electron chi connectivity index (χ0n) is 24.2. The van der Waals surface area contributed by atoms with Gasteiger partial charge in [0.15, 0.2) is 0 Å². The Kier molecular flexibility index (Phi) is 6.00. The van der Waals surface area contributed by atoms with Gasteiger partial charge in [0, 0.05) is 31.7 Å². The van der Waals surface area contributed by atoms with Gasteiger partial charge in [0.05, 0.1) is 11.0 Å². The summed E-state index contributed by atoms with van der Waals surface area (Å²) in [7, 11) is 0. The van der Waals surface area contributed by atoms with E-state index in [9.17, 15) is 0 Å². The maximum absolute atomic E-state index is 6.09. The highest BCUT2D eigenvalue weighted by Crippen LogP contribution is 2.38. The minimum atomic E-state index is 0.909. The molecule has 0 spiro atoms. The molecule has 9 aromatic rings. The van der Waals surface area contributed by atoms with Gasteiger partial charge < -0.3 is 8.98 Å². The zero-order valence-corrected chi connectivity index (χ0v) is 25.8. The number of hydrogen-bond acceptors (Lipinski definition) is 1. The van der Waals surface area contributed by atoms with Crippen molar-refractivity contribution in [3.63, 3.8) is 0 Å². The van der Waals surface area contributed by atoms with Crippen LogP contribution in [0.25, 0.3) is 82.8 Å². The topological polar surface area (TPSA) is 18.1 Å². The molecule has 9 rings (SSSR count). The van der Waals surface area contributed by atoms with Crippen LogP contribution in [-0.4, -0.2) is 4.57 Å². The van der Waals surface area contributed by atoms with Gasteiger partial charge in [0.1, 0.15) is 11.2 Å². The first-order chi connectivity index (χ1) is 22.2. The van der Waals surface area contributed by atoms with E-state index >= 15 is 0 Å². The molecule has 2 nitrogen and oxygen atoms in total. The summed E-state index contributed by atoms with van der Waals surface area (Å²) in [5.41, 5.74) is 12.5. The summed E-state index contributed by atoms with van der Waals surface area (Å²) in [4.78, 5) is 0. The highest BCUT2D eigenvalue weighted by Gasteiger charge is 2.15. The van der Waals surface area contributed by atoms with E-state index in [0.717, 1.165) is 43.2 Å².